The highest BCUT2D eigenvalue weighted by molar-refractivity contribution is 5.91. The van der Waals surface area contributed by atoms with E-state index in [2.05, 4.69) is 0 Å². The maximum atomic E-state index is 11.8. The minimum absolute atomic E-state index is 0.836. The predicted molar refractivity (Wildman–Crippen MR) is 102 cm³/mol. The first-order chi connectivity index (χ1) is 13.2. The summed E-state index contributed by atoms with van der Waals surface area (Å²) < 4.78 is 0. The predicted octanol–water partition coefficient (Wildman–Crippen LogP) is 4.36. The van der Waals surface area contributed by atoms with Gasteiger partial charge < -0.3 is 0 Å². The van der Waals surface area contributed by atoms with Crippen LogP contribution in [0.1, 0.15) is 38.8 Å². The van der Waals surface area contributed by atoms with Crippen LogP contribution in [0.2, 0.25) is 0 Å². The Kier molecular flexibility index (Phi) is 7.09. The van der Waals surface area contributed by atoms with Crippen LogP contribution in [-0.4, -0.2) is 11.9 Å². The second kappa shape index (κ2) is 9.30. The van der Waals surface area contributed by atoms with E-state index in [1.54, 1.807) is 27.7 Å². The Hall–Kier alpha value is -2.96. The van der Waals surface area contributed by atoms with E-state index in [0.717, 1.165) is 23.3 Å². The van der Waals surface area contributed by atoms with Gasteiger partial charge in [-0.25, -0.2) is 9.59 Å². The van der Waals surface area contributed by atoms with E-state index in [0.29, 0.717) is 0 Å². The third-order valence-electron chi connectivity index (χ3n) is 3.96. The molecule has 0 unspecified atom stereocenters. The van der Waals surface area contributed by atoms with Gasteiger partial charge in [-0.1, -0.05) is 60.7 Å². The molecule has 2 rings (SSSR count). The Morgan fingerprint density at radius 1 is 0.643 bits per heavy atom. The van der Waals surface area contributed by atoms with E-state index < -0.39 is 23.1 Å². The second-order valence-corrected chi connectivity index (χ2v) is 7.06. The molecule has 148 valence electrons. The number of hydrogen-bond acceptors (Lipinski definition) is 6. The third kappa shape index (κ3) is 6.33. The molecule has 0 saturated carbocycles. The normalized spacial score (nSPS) is 12.0. The zero-order valence-corrected chi connectivity index (χ0v) is 16.4. The highest BCUT2D eigenvalue weighted by Crippen LogP contribution is 2.25. The summed E-state index contributed by atoms with van der Waals surface area (Å²) in [6.07, 6.45) is 1.81. The fourth-order valence-electron chi connectivity index (χ4n) is 2.26. The fourth-order valence-corrected chi connectivity index (χ4v) is 2.26. The molecular weight excluding hydrogens is 360 g/mol. The van der Waals surface area contributed by atoms with Crippen molar-refractivity contribution >= 4 is 11.9 Å². The number of rotatable bonds is 8. The lowest BCUT2D eigenvalue weighted by Gasteiger charge is -2.23. The van der Waals surface area contributed by atoms with Gasteiger partial charge in [0.2, 0.25) is 0 Å². The van der Waals surface area contributed by atoms with Crippen molar-refractivity contribution < 1.29 is 29.1 Å². The van der Waals surface area contributed by atoms with Gasteiger partial charge in [-0.3, -0.25) is 9.78 Å². The van der Waals surface area contributed by atoms with Crippen LogP contribution in [-0.2, 0) is 40.3 Å². The number of benzene rings is 2. The maximum absolute atomic E-state index is 11.8. The molecule has 0 saturated heterocycles. The lowest BCUT2D eigenvalue weighted by molar-refractivity contribution is -0.327. The highest BCUT2D eigenvalue weighted by Gasteiger charge is 2.25. The summed E-state index contributed by atoms with van der Waals surface area (Å²) in [5.74, 6) is -1.69. The topological polar surface area (TPSA) is 71.1 Å². The first kappa shape index (κ1) is 21.3. The van der Waals surface area contributed by atoms with Crippen molar-refractivity contribution in [3.05, 3.63) is 83.9 Å². The molecule has 0 aliphatic carbocycles. The van der Waals surface area contributed by atoms with E-state index in [1.807, 2.05) is 60.7 Å². The number of carbonyl (C=O) groups excluding carboxylic acids is 2. The van der Waals surface area contributed by atoms with Gasteiger partial charge in [0.15, 0.2) is 0 Å². The molecular formula is C22H24O6. The van der Waals surface area contributed by atoms with Gasteiger partial charge in [-0.05, 0) is 38.8 Å². The second-order valence-electron chi connectivity index (χ2n) is 7.06. The van der Waals surface area contributed by atoms with Crippen LogP contribution < -0.4 is 0 Å². The molecule has 0 amide bonds. The first-order valence-electron chi connectivity index (χ1n) is 8.79. The Morgan fingerprint density at radius 2 is 0.964 bits per heavy atom. The fraction of sp³-hybridized carbons (Fsp3) is 0.273. The molecule has 0 bridgehead atoms. The van der Waals surface area contributed by atoms with Crippen LogP contribution in [0.3, 0.4) is 0 Å². The van der Waals surface area contributed by atoms with E-state index >= 15 is 0 Å². The smallest absolute Gasteiger partial charge is 0.293 e. The van der Waals surface area contributed by atoms with Crippen molar-refractivity contribution in [1.82, 2.24) is 0 Å². The summed E-state index contributed by atoms with van der Waals surface area (Å²) in [5, 5.41) is 0. The Labute approximate surface area is 164 Å². The Morgan fingerprint density at radius 3 is 1.29 bits per heavy atom. The summed E-state index contributed by atoms with van der Waals surface area (Å²) in [4.78, 5) is 43.4. The van der Waals surface area contributed by atoms with E-state index in [4.69, 9.17) is 19.6 Å². The molecule has 0 aromatic heterocycles. The Bertz CT molecular complexity index is 740. The summed E-state index contributed by atoms with van der Waals surface area (Å²) in [6, 6.07) is 18.6. The maximum Gasteiger partial charge on any atom is 0.366 e. The van der Waals surface area contributed by atoms with Crippen LogP contribution in [0, 0.1) is 0 Å². The Balaban J connectivity index is 1.81. The van der Waals surface area contributed by atoms with Gasteiger partial charge in [0, 0.05) is 12.2 Å². The van der Waals surface area contributed by atoms with Gasteiger partial charge in [0.25, 0.3) is 0 Å². The molecule has 6 heteroatoms. The molecule has 28 heavy (non-hydrogen) atoms. The van der Waals surface area contributed by atoms with Gasteiger partial charge in [-0.15, -0.1) is 0 Å². The standard InChI is InChI=1S/C22H24O6/c1-21(2,17-11-7-5-8-12-17)27-25-19(23)15-16-20(24)26-28-22(3,4)18-13-9-6-10-14-18/h5-16H,1-4H3. The summed E-state index contributed by atoms with van der Waals surface area (Å²) in [6.45, 7) is 7.03. The third-order valence-corrected chi connectivity index (χ3v) is 3.96. The van der Waals surface area contributed by atoms with Gasteiger partial charge >= 0.3 is 11.9 Å². The molecule has 2 aromatic carbocycles. The first-order valence-corrected chi connectivity index (χ1v) is 8.79. The van der Waals surface area contributed by atoms with Crippen molar-refractivity contribution in [1.29, 1.82) is 0 Å². The van der Waals surface area contributed by atoms with Gasteiger partial charge in [0.1, 0.15) is 11.2 Å². The van der Waals surface area contributed by atoms with E-state index in [1.165, 1.54) is 0 Å². The molecule has 0 spiro atoms. The summed E-state index contributed by atoms with van der Waals surface area (Å²) >= 11 is 0. The average molecular weight is 384 g/mol. The molecule has 0 heterocycles. The lowest BCUT2D eigenvalue weighted by atomic mass is 9.99. The van der Waals surface area contributed by atoms with Crippen LogP contribution in [0.5, 0.6) is 0 Å². The van der Waals surface area contributed by atoms with Crippen LogP contribution in [0.4, 0.5) is 0 Å². The van der Waals surface area contributed by atoms with Gasteiger partial charge in [-0.2, -0.15) is 9.78 Å². The minimum Gasteiger partial charge on any atom is -0.293 e. The molecule has 2 aromatic rings. The van der Waals surface area contributed by atoms with Gasteiger partial charge in [0.05, 0.1) is 0 Å². The molecule has 0 aliphatic heterocycles. The quantitative estimate of drug-likeness (QED) is 0.382. The van der Waals surface area contributed by atoms with Crippen LogP contribution in [0.25, 0.3) is 0 Å². The van der Waals surface area contributed by atoms with Crippen molar-refractivity contribution in [3.8, 4) is 0 Å². The zero-order chi connectivity index (χ0) is 20.6. The summed E-state index contributed by atoms with van der Waals surface area (Å²) in [5.41, 5.74) is -0.00667. The van der Waals surface area contributed by atoms with Crippen molar-refractivity contribution in [2.24, 2.45) is 0 Å². The minimum atomic E-state index is -0.844. The van der Waals surface area contributed by atoms with Crippen LogP contribution in [0.15, 0.2) is 72.8 Å². The average Bonchev–Trinajstić information content (AvgIpc) is 2.70. The zero-order valence-electron chi connectivity index (χ0n) is 16.4. The number of carbonyl (C=O) groups is 2. The largest absolute Gasteiger partial charge is 0.366 e. The monoisotopic (exact) mass is 384 g/mol. The molecule has 0 radical (unpaired) electrons. The van der Waals surface area contributed by atoms with Crippen molar-refractivity contribution in [2.75, 3.05) is 0 Å². The highest BCUT2D eigenvalue weighted by atomic mass is 17.2. The number of hydrogen-bond donors (Lipinski definition) is 0. The van der Waals surface area contributed by atoms with Crippen LogP contribution >= 0.6 is 0 Å². The SMILES string of the molecule is CC(C)(OOC(=O)C=CC(=O)OOC(C)(C)c1ccccc1)c1ccccc1. The van der Waals surface area contributed by atoms with Crippen molar-refractivity contribution in [3.63, 3.8) is 0 Å². The summed E-state index contributed by atoms with van der Waals surface area (Å²) in [7, 11) is 0. The molecule has 0 atom stereocenters. The van der Waals surface area contributed by atoms with Crippen molar-refractivity contribution in [2.45, 2.75) is 38.9 Å². The molecule has 0 aliphatic rings. The van der Waals surface area contributed by atoms with E-state index in [9.17, 15) is 9.59 Å². The molecule has 6 nitrogen and oxygen atoms in total. The lowest BCUT2D eigenvalue weighted by Crippen LogP contribution is -2.24. The van der Waals surface area contributed by atoms with E-state index in [-0.39, 0.29) is 0 Å². The molecule has 0 N–H and O–H groups in total. The molecule has 0 fully saturated rings.